The molecule has 218 valence electrons. The topological polar surface area (TPSA) is 66.8 Å². The minimum atomic E-state index is -1.13. The number of hydrogen-bond donors (Lipinski definition) is 1. The quantitative estimate of drug-likeness (QED) is 0.264. The van der Waals surface area contributed by atoms with Gasteiger partial charge in [0.15, 0.2) is 0 Å². The summed E-state index contributed by atoms with van der Waals surface area (Å²) in [6.45, 7) is 14.5. The Bertz CT molecular complexity index is 999. The molecule has 4 bridgehead atoms. The van der Waals surface area contributed by atoms with Crippen LogP contribution in [0, 0.1) is 57.7 Å². The lowest BCUT2D eigenvalue weighted by Gasteiger charge is -2.60. The number of carboxylic acids is 1. The summed E-state index contributed by atoms with van der Waals surface area (Å²) in [7, 11) is 0. The molecule has 6 rings (SSSR count). The Hall–Kier alpha value is -1.20. The maximum absolute atomic E-state index is 14.0. The lowest BCUT2D eigenvalue weighted by molar-refractivity contribution is -0.198. The molecular weight excluding hydrogens is 486 g/mol. The number of allylic oxidation sites excluding steroid dienone is 1. The predicted octanol–water partition coefficient (Wildman–Crippen LogP) is 6.61. The number of carbonyl (C=O) groups is 2. The van der Waals surface area contributed by atoms with Gasteiger partial charge in [-0.2, -0.15) is 0 Å². The summed E-state index contributed by atoms with van der Waals surface area (Å²) in [5.74, 6) is 1.75. The number of carbonyl (C=O) groups excluding carboxylic acids is 1. The van der Waals surface area contributed by atoms with Crippen LogP contribution >= 0.6 is 0 Å². The molecule has 1 N–H and O–H groups in total. The molecule has 2 aliphatic heterocycles. The Kier molecular flexibility index (Phi) is 7.14. The van der Waals surface area contributed by atoms with Crippen molar-refractivity contribution in [3.63, 3.8) is 0 Å². The molecule has 7 unspecified atom stereocenters. The van der Waals surface area contributed by atoms with Gasteiger partial charge >= 0.3 is 5.97 Å². The zero-order chi connectivity index (χ0) is 27.7. The first-order valence-electron chi connectivity index (χ1n) is 16.5. The second-order valence-electron chi connectivity index (χ2n) is 15.2. The summed E-state index contributed by atoms with van der Waals surface area (Å²) < 4.78 is 7.27. The summed E-state index contributed by atoms with van der Waals surface area (Å²) in [5, 5.41) is 11.5. The fourth-order valence-electron chi connectivity index (χ4n) is 11.8. The number of fused-ring (bicyclic) bond motifs is 2. The fraction of sp³-hybridized carbons (Fsp3) is 0.882. The molecule has 3 saturated carbocycles. The van der Waals surface area contributed by atoms with E-state index in [9.17, 15) is 14.7 Å². The Morgan fingerprint density at radius 2 is 1.87 bits per heavy atom. The minimum Gasteiger partial charge on any atom is -0.481 e. The van der Waals surface area contributed by atoms with Crippen LogP contribution in [0.15, 0.2) is 11.6 Å². The highest BCUT2D eigenvalue weighted by atomic mass is 16.5. The third-order valence-electron chi connectivity index (χ3n) is 12.9. The van der Waals surface area contributed by atoms with E-state index in [4.69, 9.17) is 4.74 Å². The van der Waals surface area contributed by atoms with Crippen LogP contribution in [0.25, 0.3) is 0 Å². The lowest BCUT2D eigenvalue weighted by atomic mass is 9.41. The van der Waals surface area contributed by atoms with Gasteiger partial charge in [-0.05, 0) is 106 Å². The SMILES string of the molecule is CC[C@@H]1CC[C@@H]2[C@@H]1CC1(C3CC(CC(C)C)C(CN4CCCCC4)O3)C3C=C(C(C)C)C1(C(=O)O)C2(C=O)C3. The largest absolute Gasteiger partial charge is 0.481 e. The maximum atomic E-state index is 14.0. The van der Waals surface area contributed by atoms with Crippen LogP contribution in [-0.2, 0) is 14.3 Å². The van der Waals surface area contributed by atoms with E-state index in [0.717, 1.165) is 63.7 Å². The summed E-state index contributed by atoms with van der Waals surface area (Å²) in [6, 6.07) is 0. The average molecular weight is 540 g/mol. The normalized spacial score (nSPS) is 47.2. The maximum Gasteiger partial charge on any atom is 0.315 e. The molecule has 39 heavy (non-hydrogen) atoms. The molecule has 10 atom stereocenters. The highest BCUT2D eigenvalue weighted by Crippen LogP contribution is 2.84. The van der Waals surface area contributed by atoms with Gasteiger partial charge in [-0.25, -0.2) is 0 Å². The lowest BCUT2D eigenvalue weighted by Crippen LogP contribution is -2.65. The van der Waals surface area contributed by atoms with Gasteiger partial charge in [0.1, 0.15) is 11.7 Å². The third kappa shape index (κ3) is 3.63. The minimum absolute atomic E-state index is 0.0921. The van der Waals surface area contributed by atoms with Crippen LogP contribution in [0.5, 0.6) is 0 Å². The standard InChI is InChI=1S/C34H53NO4/c1-6-23-10-11-27-26(23)18-33(25-16-28(22(4)5)34(33,31(37)38)32(27,17-25)20-36)30-15-24(14-21(2)3)29(39-30)19-35-12-8-7-9-13-35/h16,20-27,29-30H,6-15,17-19H2,1-5H3,(H,37,38)/t23-,24?,25?,26-,27-,29?,30?,32?,33?,34?/m1/s1. The number of likely N-dealkylation sites (tertiary alicyclic amines) is 1. The monoisotopic (exact) mass is 539 g/mol. The molecule has 5 heteroatoms. The Morgan fingerprint density at radius 1 is 1.13 bits per heavy atom. The Morgan fingerprint density at radius 3 is 2.49 bits per heavy atom. The van der Waals surface area contributed by atoms with E-state index in [0.29, 0.717) is 30.1 Å². The number of hydrogen-bond acceptors (Lipinski definition) is 4. The molecule has 5 nitrogen and oxygen atoms in total. The number of ether oxygens (including phenoxy) is 1. The number of rotatable bonds is 9. The number of piperidine rings is 1. The first-order chi connectivity index (χ1) is 18.7. The van der Waals surface area contributed by atoms with Crippen LogP contribution in [-0.4, -0.2) is 54.1 Å². The van der Waals surface area contributed by atoms with E-state index in [1.54, 1.807) is 0 Å². The summed E-state index contributed by atoms with van der Waals surface area (Å²) in [5.41, 5.74) is -1.39. The second-order valence-corrected chi connectivity index (χ2v) is 15.2. The molecule has 2 heterocycles. The van der Waals surface area contributed by atoms with E-state index in [1.165, 1.54) is 25.5 Å². The highest BCUT2D eigenvalue weighted by molar-refractivity contribution is 5.90. The zero-order valence-electron chi connectivity index (χ0n) is 25.2. The predicted molar refractivity (Wildman–Crippen MR) is 153 cm³/mol. The number of aliphatic carboxylic acids is 1. The van der Waals surface area contributed by atoms with Crippen molar-refractivity contribution in [1.29, 1.82) is 0 Å². The van der Waals surface area contributed by atoms with E-state index in [2.05, 4.69) is 45.6 Å². The summed E-state index contributed by atoms with van der Waals surface area (Å²) >= 11 is 0. The van der Waals surface area contributed by atoms with Crippen molar-refractivity contribution in [3.05, 3.63) is 11.6 Å². The van der Waals surface area contributed by atoms with Crippen molar-refractivity contribution in [2.75, 3.05) is 19.6 Å². The molecule has 0 aromatic heterocycles. The van der Waals surface area contributed by atoms with Crippen molar-refractivity contribution in [2.45, 2.75) is 111 Å². The Labute approximate surface area is 236 Å². The van der Waals surface area contributed by atoms with Gasteiger partial charge < -0.3 is 19.5 Å². The van der Waals surface area contributed by atoms with E-state index < -0.39 is 22.2 Å². The Balaban J connectivity index is 1.46. The van der Waals surface area contributed by atoms with Crippen molar-refractivity contribution < 1.29 is 19.4 Å². The van der Waals surface area contributed by atoms with Gasteiger partial charge in [0.05, 0.1) is 17.6 Å². The highest BCUT2D eigenvalue weighted by Gasteiger charge is 2.86. The van der Waals surface area contributed by atoms with Gasteiger partial charge in [0.25, 0.3) is 0 Å². The first-order valence-corrected chi connectivity index (χ1v) is 16.5. The van der Waals surface area contributed by atoms with Gasteiger partial charge in [-0.3, -0.25) is 4.79 Å². The molecule has 2 saturated heterocycles. The number of nitrogens with zero attached hydrogens (tertiary/aromatic N) is 1. The van der Waals surface area contributed by atoms with Crippen LogP contribution < -0.4 is 0 Å². The first kappa shape index (κ1) is 27.9. The van der Waals surface area contributed by atoms with Gasteiger partial charge in [0.2, 0.25) is 0 Å². The smallest absolute Gasteiger partial charge is 0.315 e. The average Bonchev–Trinajstić information content (AvgIpc) is 3.62. The molecular formula is C34H53NO4. The number of carboxylic acid groups (broad SMARTS) is 1. The van der Waals surface area contributed by atoms with Crippen molar-refractivity contribution in [1.82, 2.24) is 4.90 Å². The molecule has 4 aliphatic carbocycles. The van der Waals surface area contributed by atoms with E-state index in [1.807, 2.05) is 0 Å². The van der Waals surface area contributed by atoms with Gasteiger partial charge in [0, 0.05) is 12.0 Å². The molecule has 0 amide bonds. The zero-order valence-corrected chi connectivity index (χ0v) is 25.2. The van der Waals surface area contributed by atoms with Gasteiger partial charge in [-0.1, -0.05) is 59.1 Å². The second kappa shape index (κ2) is 9.96. The van der Waals surface area contributed by atoms with Crippen LogP contribution in [0.2, 0.25) is 0 Å². The van der Waals surface area contributed by atoms with Crippen molar-refractivity contribution in [2.24, 2.45) is 57.7 Å². The molecule has 0 radical (unpaired) electrons. The third-order valence-corrected chi connectivity index (χ3v) is 12.9. The van der Waals surface area contributed by atoms with Crippen LogP contribution in [0.1, 0.15) is 98.8 Å². The molecule has 0 spiro atoms. The van der Waals surface area contributed by atoms with Gasteiger partial charge in [-0.15, -0.1) is 0 Å². The summed E-state index contributed by atoms with van der Waals surface area (Å²) in [4.78, 5) is 30.1. The summed E-state index contributed by atoms with van der Waals surface area (Å²) in [6.07, 6.45) is 14.4. The van der Waals surface area contributed by atoms with Crippen molar-refractivity contribution in [3.8, 4) is 0 Å². The fourth-order valence-corrected chi connectivity index (χ4v) is 11.8. The molecule has 5 fully saturated rings. The van der Waals surface area contributed by atoms with E-state index in [-0.39, 0.29) is 30.0 Å². The van der Waals surface area contributed by atoms with Crippen LogP contribution in [0.3, 0.4) is 0 Å². The van der Waals surface area contributed by atoms with Crippen molar-refractivity contribution >= 4 is 12.3 Å². The molecule has 0 aromatic rings. The molecule has 0 aromatic carbocycles. The molecule has 6 aliphatic rings. The van der Waals surface area contributed by atoms with E-state index >= 15 is 0 Å². The number of aldehydes is 1. The van der Waals surface area contributed by atoms with Crippen LogP contribution in [0.4, 0.5) is 0 Å².